The van der Waals surface area contributed by atoms with Crippen molar-refractivity contribution < 1.29 is 36.6 Å². The number of amides is 1. The molecule has 1 amide bonds. The summed E-state index contributed by atoms with van der Waals surface area (Å²) in [6.45, 7) is 1.40. The van der Waals surface area contributed by atoms with Crippen LogP contribution in [0.1, 0.15) is 12.5 Å². The fraction of sp³-hybridized carbons (Fsp3) is 0.417. The minimum absolute atomic E-state index is 0.143. The molecule has 21 heavy (non-hydrogen) atoms. The third kappa shape index (κ3) is 3.81. The van der Waals surface area contributed by atoms with E-state index in [-0.39, 0.29) is 23.6 Å². The van der Waals surface area contributed by atoms with Crippen LogP contribution in [0, 0.1) is 0 Å². The second kappa shape index (κ2) is 6.25. The zero-order valence-corrected chi connectivity index (χ0v) is 10.8. The molecule has 0 spiro atoms. The lowest BCUT2D eigenvalue weighted by molar-refractivity contribution is -0.267. The van der Waals surface area contributed by atoms with Crippen LogP contribution in [0.15, 0.2) is 18.2 Å². The van der Waals surface area contributed by atoms with Crippen molar-refractivity contribution in [3.8, 4) is 5.75 Å². The predicted molar refractivity (Wildman–Crippen MR) is 63.2 cm³/mol. The normalized spacial score (nSPS) is 12.1. The van der Waals surface area contributed by atoms with Gasteiger partial charge in [0.05, 0.1) is 13.2 Å². The number of aliphatic hydroxyl groups is 1. The minimum atomic E-state index is -5.98. The van der Waals surface area contributed by atoms with Gasteiger partial charge in [-0.05, 0) is 25.1 Å². The lowest BCUT2D eigenvalue weighted by atomic mass is 10.1. The monoisotopic (exact) mass is 313 g/mol. The molecular formula is C12H12F5NO3. The van der Waals surface area contributed by atoms with Crippen molar-refractivity contribution in [2.24, 2.45) is 0 Å². The first-order chi connectivity index (χ1) is 9.63. The fourth-order valence-electron chi connectivity index (χ4n) is 1.42. The highest BCUT2D eigenvalue weighted by Crippen LogP contribution is 2.36. The van der Waals surface area contributed by atoms with Crippen LogP contribution in [0.4, 0.5) is 27.6 Å². The highest BCUT2D eigenvalue weighted by molar-refractivity contribution is 5.96. The van der Waals surface area contributed by atoms with Gasteiger partial charge >= 0.3 is 18.0 Å². The maximum Gasteiger partial charge on any atom is 0.463 e. The van der Waals surface area contributed by atoms with E-state index in [0.717, 1.165) is 12.1 Å². The van der Waals surface area contributed by atoms with Crippen LogP contribution in [0.5, 0.6) is 5.75 Å². The van der Waals surface area contributed by atoms with E-state index in [1.165, 1.54) is 11.4 Å². The van der Waals surface area contributed by atoms with Gasteiger partial charge in [-0.2, -0.15) is 22.0 Å². The Morgan fingerprint density at radius 1 is 1.29 bits per heavy atom. The van der Waals surface area contributed by atoms with Gasteiger partial charge in [0, 0.05) is 11.3 Å². The van der Waals surface area contributed by atoms with Crippen LogP contribution in [0.2, 0.25) is 0 Å². The lowest BCUT2D eigenvalue weighted by Gasteiger charge is -2.19. The summed E-state index contributed by atoms with van der Waals surface area (Å²) in [4.78, 5) is 11.0. The maximum absolute atomic E-state index is 12.8. The van der Waals surface area contributed by atoms with E-state index in [4.69, 9.17) is 9.84 Å². The Hall–Kier alpha value is -1.90. The van der Waals surface area contributed by atoms with Crippen LogP contribution in [-0.4, -0.2) is 29.7 Å². The average molecular weight is 313 g/mol. The van der Waals surface area contributed by atoms with Gasteiger partial charge in [-0.15, -0.1) is 0 Å². The molecule has 1 aromatic carbocycles. The second-order valence-corrected chi connectivity index (χ2v) is 3.94. The van der Waals surface area contributed by atoms with Crippen molar-refractivity contribution in [3.05, 3.63) is 23.8 Å². The SMILES string of the molecule is CCOc1ccc(NC(=O)C(F)(F)C(F)(F)F)cc1CO. The summed E-state index contributed by atoms with van der Waals surface area (Å²) in [5.41, 5.74) is -0.165. The van der Waals surface area contributed by atoms with Gasteiger partial charge in [0.25, 0.3) is 0 Å². The van der Waals surface area contributed by atoms with E-state index in [0.29, 0.717) is 0 Å². The molecular weight excluding hydrogens is 301 g/mol. The quantitative estimate of drug-likeness (QED) is 0.822. The fourth-order valence-corrected chi connectivity index (χ4v) is 1.42. The largest absolute Gasteiger partial charge is 0.494 e. The van der Waals surface area contributed by atoms with E-state index in [1.54, 1.807) is 6.92 Å². The number of hydrogen-bond donors (Lipinski definition) is 2. The molecule has 118 valence electrons. The first kappa shape index (κ1) is 17.2. The Balaban J connectivity index is 2.96. The summed E-state index contributed by atoms with van der Waals surface area (Å²) in [7, 11) is 0. The molecule has 0 saturated heterocycles. The lowest BCUT2D eigenvalue weighted by Crippen LogP contribution is -2.47. The molecule has 1 aromatic rings. The van der Waals surface area contributed by atoms with E-state index >= 15 is 0 Å². The van der Waals surface area contributed by atoms with E-state index in [1.807, 2.05) is 0 Å². The Bertz CT molecular complexity index is 516. The molecule has 4 nitrogen and oxygen atoms in total. The number of carbonyl (C=O) groups excluding carboxylic acids is 1. The van der Waals surface area contributed by atoms with Crippen LogP contribution in [0.3, 0.4) is 0 Å². The van der Waals surface area contributed by atoms with Gasteiger partial charge in [0.2, 0.25) is 0 Å². The highest BCUT2D eigenvalue weighted by atomic mass is 19.4. The maximum atomic E-state index is 12.8. The number of alkyl halides is 5. The number of halogens is 5. The number of nitrogens with one attached hydrogen (secondary N) is 1. The first-order valence-electron chi connectivity index (χ1n) is 5.76. The first-order valence-corrected chi connectivity index (χ1v) is 5.76. The Kier molecular flexibility index (Phi) is 5.10. The Labute approximate surface area is 116 Å². The van der Waals surface area contributed by atoms with E-state index in [9.17, 15) is 26.7 Å². The Morgan fingerprint density at radius 2 is 1.90 bits per heavy atom. The highest BCUT2D eigenvalue weighted by Gasteiger charge is 2.63. The predicted octanol–water partition coefficient (Wildman–Crippen LogP) is 2.71. The van der Waals surface area contributed by atoms with E-state index in [2.05, 4.69) is 0 Å². The molecule has 0 heterocycles. The zero-order chi connectivity index (χ0) is 16.3. The summed E-state index contributed by atoms with van der Waals surface area (Å²) >= 11 is 0. The van der Waals surface area contributed by atoms with E-state index < -0.39 is 24.6 Å². The molecule has 0 aliphatic rings. The molecule has 1 rings (SSSR count). The molecule has 0 atom stereocenters. The van der Waals surface area contributed by atoms with Crippen molar-refractivity contribution >= 4 is 11.6 Å². The van der Waals surface area contributed by atoms with Gasteiger partial charge < -0.3 is 15.2 Å². The van der Waals surface area contributed by atoms with Crippen LogP contribution < -0.4 is 10.1 Å². The minimum Gasteiger partial charge on any atom is -0.494 e. The van der Waals surface area contributed by atoms with Crippen LogP contribution in [0.25, 0.3) is 0 Å². The molecule has 0 bridgehead atoms. The molecule has 2 N–H and O–H groups in total. The van der Waals surface area contributed by atoms with Crippen molar-refractivity contribution in [1.82, 2.24) is 0 Å². The summed E-state index contributed by atoms with van der Waals surface area (Å²) in [6, 6.07) is 3.39. The molecule has 0 aromatic heterocycles. The smallest absolute Gasteiger partial charge is 0.463 e. The van der Waals surface area contributed by atoms with Gasteiger partial charge in [0.15, 0.2) is 0 Å². The summed E-state index contributed by atoms with van der Waals surface area (Å²) in [6.07, 6.45) is -5.98. The van der Waals surface area contributed by atoms with Gasteiger partial charge in [0.1, 0.15) is 5.75 Å². The number of rotatable bonds is 5. The topological polar surface area (TPSA) is 58.6 Å². The summed E-state index contributed by atoms with van der Waals surface area (Å²) in [5, 5.41) is 10.5. The van der Waals surface area contributed by atoms with Crippen molar-refractivity contribution in [2.75, 3.05) is 11.9 Å². The number of aliphatic hydroxyl groups excluding tert-OH is 1. The van der Waals surface area contributed by atoms with Crippen molar-refractivity contribution in [1.29, 1.82) is 0 Å². The van der Waals surface area contributed by atoms with Gasteiger partial charge in [-0.3, -0.25) is 4.79 Å². The number of hydrogen-bond acceptors (Lipinski definition) is 3. The molecule has 0 unspecified atom stereocenters. The number of carbonyl (C=O) groups is 1. The van der Waals surface area contributed by atoms with Crippen molar-refractivity contribution in [2.45, 2.75) is 25.6 Å². The number of benzene rings is 1. The summed E-state index contributed by atoms with van der Waals surface area (Å²) in [5.74, 6) is -7.77. The molecule has 0 aliphatic heterocycles. The van der Waals surface area contributed by atoms with Crippen molar-refractivity contribution in [3.63, 3.8) is 0 Å². The zero-order valence-electron chi connectivity index (χ0n) is 10.8. The number of anilines is 1. The standard InChI is InChI=1S/C12H12F5NO3/c1-2-21-9-4-3-8(5-7(9)6-19)18-10(20)11(13,14)12(15,16)17/h3-5,19H,2,6H2,1H3,(H,18,20). The van der Waals surface area contributed by atoms with Gasteiger partial charge in [-0.1, -0.05) is 0 Å². The Morgan fingerprint density at radius 3 is 2.38 bits per heavy atom. The summed E-state index contributed by atoms with van der Waals surface area (Å²) < 4.78 is 66.7. The molecule has 0 fully saturated rings. The van der Waals surface area contributed by atoms with Gasteiger partial charge in [-0.25, -0.2) is 0 Å². The molecule has 0 aliphatic carbocycles. The number of ether oxygens (including phenoxy) is 1. The third-order valence-corrected chi connectivity index (χ3v) is 2.43. The molecule has 0 radical (unpaired) electrons. The third-order valence-electron chi connectivity index (χ3n) is 2.43. The average Bonchev–Trinajstić information content (AvgIpc) is 2.39. The van der Waals surface area contributed by atoms with Crippen LogP contribution in [-0.2, 0) is 11.4 Å². The van der Waals surface area contributed by atoms with Crippen LogP contribution >= 0.6 is 0 Å². The second-order valence-electron chi connectivity index (χ2n) is 3.94. The molecule has 9 heteroatoms. The molecule has 0 saturated carbocycles.